The number of benzene rings is 1. The summed E-state index contributed by atoms with van der Waals surface area (Å²) in [6.07, 6.45) is 1.73. The number of aryl methyl sites for hydroxylation is 1. The lowest BCUT2D eigenvalue weighted by Gasteiger charge is -2.23. The first-order valence-corrected chi connectivity index (χ1v) is 9.00. The van der Waals surface area contributed by atoms with Crippen molar-refractivity contribution in [2.75, 3.05) is 6.54 Å². The lowest BCUT2D eigenvalue weighted by molar-refractivity contribution is 0.233. The summed E-state index contributed by atoms with van der Waals surface area (Å²) in [5.41, 5.74) is 2.18. The molecular formula is C18H25N3OS. The molecular weight excluding hydrogens is 306 g/mol. The molecule has 5 heteroatoms. The van der Waals surface area contributed by atoms with E-state index in [0.717, 1.165) is 29.1 Å². The molecule has 1 atom stereocenters. The first kappa shape index (κ1) is 17.5. The van der Waals surface area contributed by atoms with Crippen LogP contribution >= 0.6 is 11.3 Å². The molecule has 0 bridgehead atoms. The van der Waals surface area contributed by atoms with Crippen LogP contribution in [0.25, 0.3) is 0 Å². The van der Waals surface area contributed by atoms with Gasteiger partial charge in [0.05, 0.1) is 16.7 Å². The smallest absolute Gasteiger partial charge is 0.315 e. The lowest BCUT2D eigenvalue weighted by Crippen LogP contribution is -2.40. The first-order valence-electron chi connectivity index (χ1n) is 8.12. The number of carbonyl (C=O) groups is 1. The second-order valence-corrected chi connectivity index (χ2v) is 6.81. The van der Waals surface area contributed by atoms with Crippen molar-refractivity contribution in [3.8, 4) is 0 Å². The highest BCUT2D eigenvalue weighted by molar-refractivity contribution is 7.09. The molecule has 2 rings (SSSR count). The van der Waals surface area contributed by atoms with E-state index >= 15 is 0 Å². The average molecular weight is 331 g/mol. The van der Waals surface area contributed by atoms with Gasteiger partial charge in [-0.3, -0.25) is 0 Å². The molecule has 0 radical (unpaired) electrons. The van der Waals surface area contributed by atoms with E-state index in [1.165, 1.54) is 0 Å². The molecule has 2 N–H and O–H groups in total. The van der Waals surface area contributed by atoms with Crippen LogP contribution in [0.2, 0.25) is 0 Å². The molecule has 0 aliphatic carbocycles. The van der Waals surface area contributed by atoms with Crippen molar-refractivity contribution in [2.24, 2.45) is 5.92 Å². The van der Waals surface area contributed by atoms with Gasteiger partial charge < -0.3 is 10.6 Å². The van der Waals surface area contributed by atoms with Crippen LogP contribution in [0.5, 0.6) is 0 Å². The third-order valence-corrected chi connectivity index (χ3v) is 4.72. The zero-order valence-electron chi connectivity index (χ0n) is 14.0. The van der Waals surface area contributed by atoms with Crippen molar-refractivity contribution in [3.63, 3.8) is 0 Å². The molecule has 0 fully saturated rings. The van der Waals surface area contributed by atoms with E-state index in [1.807, 2.05) is 30.3 Å². The molecule has 0 aliphatic rings. The summed E-state index contributed by atoms with van der Waals surface area (Å²) in [5, 5.41) is 9.21. The van der Waals surface area contributed by atoms with Gasteiger partial charge >= 0.3 is 6.03 Å². The van der Waals surface area contributed by atoms with E-state index in [4.69, 9.17) is 0 Å². The summed E-state index contributed by atoms with van der Waals surface area (Å²) in [6, 6.07) is 9.97. The third-order valence-electron chi connectivity index (χ3n) is 3.68. The van der Waals surface area contributed by atoms with E-state index in [9.17, 15) is 4.79 Å². The molecule has 0 saturated carbocycles. The van der Waals surface area contributed by atoms with Gasteiger partial charge in [0.1, 0.15) is 0 Å². The fourth-order valence-electron chi connectivity index (χ4n) is 2.42. The van der Waals surface area contributed by atoms with Crippen LogP contribution in [-0.4, -0.2) is 17.6 Å². The Hall–Kier alpha value is -1.88. The molecule has 2 aromatic rings. The Morgan fingerprint density at radius 2 is 2.00 bits per heavy atom. The SMILES string of the molecule is CCc1nc(CCNC(=O)NC(c2ccccc2)C(C)C)cs1. The minimum absolute atomic E-state index is 0.0159. The van der Waals surface area contributed by atoms with Gasteiger partial charge in [-0.2, -0.15) is 0 Å². The number of carbonyl (C=O) groups excluding carboxylic acids is 1. The minimum Gasteiger partial charge on any atom is -0.338 e. The van der Waals surface area contributed by atoms with E-state index < -0.39 is 0 Å². The normalized spacial score (nSPS) is 12.2. The lowest BCUT2D eigenvalue weighted by atomic mass is 9.96. The fraction of sp³-hybridized carbons (Fsp3) is 0.444. The number of amides is 2. The number of hydrogen-bond donors (Lipinski definition) is 2. The third kappa shape index (κ3) is 5.36. The topological polar surface area (TPSA) is 54.0 Å². The monoisotopic (exact) mass is 331 g/mol. The van der Waals surface area contributed by atoms with Crippen LogP contribution in [0, 0.1) is 5.92 Å². The van der Waals surface area contributed by atoms with Gasteiger partial charge in [0.25, 0.3) is 0 Å². The Labute approximate surface area is 142 Å². The van der Waals surface area contributed by atoms with Crippen molar-refractivity contribution in [1.82, 2.24) is 15.6 Å². The molecule has 124 valence electrons. The number of thiazole rings is 1. The first-order chi connectivity index (χ1) is 11.1. The van der Waals surface area contributed by atoms with Crippen LogP contribution in [-0.2, 0) is 12.8 Å². The molecule has 1 aromatic carbocycles. The number of nitrogens with zero attached hydrogens (tertiary/aromatic N) is 1. The molecule has 2 amide bonds. The Balaban J connectivity index is 1.82. The molecule has 0 aliphatic heterocycles. The maximum Gasteiger partial charge on any atom is 0.315 e. The highest BCUT2D eigenvalue weighted by atomic mass is 32.1. The Morgan fingerprint density at radius 3 is 2.61 bits per heavy atom. The fourth-order valence-corrected chi connectivity index (χ4v) is 3.20. The molecule has 0 spiro atoms. The second-order valence-electron chi connectivity index (χ2n) is 5.87. The Bertz CT molecular complexity index is 610. The van der Waals surface area contributed by atoms with Crippen LogP contribution in [0.4, 0.5) is 4.79 Å². The standard InChI is InChI=1S/C18H25N3OS/c1-4-16-20-15(12-23-16)10-11-19-18(22)21-17(13(2)3)14-8-6-5-7-9-14/h5-9,12-13,17H,4,10-11H2,1-3H3,(H2,19,21,22). The van der Waals surface area contributed by atoms with Crippen LogP contribution < -0.4 is 10.6 Å². The van der Waals surface area contributed by atoms with Crippen LogP contribution in [0.15, 0.2) is 35.7 Å². The van der Waals surface area contributed by atoms with E-state index in [0.29, 0.717) is 12.5 Å². The predicted octanol–water partition coefficient (Wildman–Crippen LogP) is 3.94. The molecule has 1 heterocycles. The number of aromatic nitrogens is 1. The summed E-state index contributed by atoms with van der Waals surface area (Å²) in [4.78, 5) is 16.7. The van der Waals surface area contributed by atoms with Crippen molar-refractivity contribution in [2.45, 2.75) is 39.7 Å². The van der Waals surface area contributed by atoms with Gasteiger partial charge in [0, 0.05) is 18.3 Å². The number of hydrogen-bond acceptors (Lipinski definition) is 3. The van der Waals surface area contributed by atoms with Gasteiger partial charge in [-0.05, 0) is 17.9 Å². The summed E-state index contributed by atoms with van der Waals surface area (Å²) in [5.74, 6) is 0.328. The van der Waals surface area contributed by atoms with Gasteiger partial charge in [-0.25, -0.2) is 9.78 Å². The quantitative estimate of drug-likeness (QED) is 0.807. The van der Waals surface area contributed by atoms with Crippen molar-refractivity contribution in [1.29, 1.82) is 0 Å². The highest BCUT2D eigenvalue weighted by Gasteiger charge is 2.17. The van der Waals surface area contributed by atoms with Crippen LogP contribution in [0.1, 0.15) is 43.1 Å². The summed E-state index contributed by atoms with van der Waals surface area (Å²) in [6.45, 7) is 6.92. The zero-order chi connectivity index (χ0) is 16.7. The van der Waals surface area contributed by atoms with E-state index in [2.05, 4.69) is 41.8 Å². The van der Waals surface area contributed by atoms with Crippen LogP contribution in [0.3, 0.4) is 0 Å². The minimum atomic E-state index is -0.126. The Kier molecular flexibility index (Phi) is 6.59. The Morgan fingerprint density at radius 1 is 1.26 bits per heavy atom. The maximum atomic E-state index is 12.1. The molecule has 0 saturated heterocycles. The van der Waals surface area contributed by atoms with Gasteiger partial charge in [-0.1, -0.05) is 51.1 Å². The van der Waals surface area contributed by atoms with Gasteiger partial charge in [0.15, 0.2) is 0 Å². The zero-order valence-corrected chi connectivity index (χ0v) is 14.8. The summed E-state index contributed by atoms with van der Waals surface area (Å²) in [7, 11) is 0. The average Bonchev–Trinajstić information content (AvgIpc) is 3.01. The highest BCUT2D eigenvalue weighted by Crippen LogP contribution is 2.21. The molecule has 23 heavy (non-hydrogen) atoms. The predicted molar refractivity (Wildman–Crippen MR) is 95.8 cm³/mol. The van der Waals surface area contributed by atoms with Crippen molar-refractivity contribution in [3.05, 3.63) is 52.0 Å². The second kappa shape index (κ2) is 8.67. The van der Waals surface area contributed by atoms with Crippen molar-refractivity contribution < 1.29 is 4.79 Å². The van der Waals surface area contributed by atoms with Gasteiger partial charge in [-0.15, -0.1) is 11.3 Å². The molecule has 4 nitrogen and oxygen atoms in total. The van der Waals surface area contributed by atoms with E-state index in [-0.39, 0.29) is 12.1 Å². The molecule has 1 aromatic heterocycles. The molecule has 1 unspecified atom stereocenters. The summed E-state index contributed by atoms with van der Waals surface area (Å²) >= 11 is 1.68. The summed E-state index contributed by atoms with van der Waals surface area (Å²) < 4.78 is 0. The number of nitrogens with one attached hydrogen (secondary N) is 2. The van der Waals surface area contributed by atoms with Gasteiger partial charge in [0.2, 0.25) is 0 Å². The number of urea groups is 1. The largest absolute Gasteiger partial charge is 0.338 e. The maximum absolute atomic E-state index is 12.1. The van der Waals surface area contributed by atoms with E-state index in [1.54, 1.807) is 11.3 Å². The number of rotatable bonds is 7. The van der Waals surface area contributed by atoms with Crippen molar-refractivity contribution >= 4 is 17.4 Å².